The molecule has 2 unspecified atom stereocenters. The lowest BCUT2D eigenvalue weighted by molar-refractivity contribution is -0.132. The first kappa shape index (κ1) is 11.9. The van der Waals surface area contributed by atoms with Gasteiger partial charge in [0.2, 0.25) is 0 Å². The molecule has 1 aromatic carbocycles. The molecule has 1 aliphatic heterocycles. The van der Waals surface area contributed by atoms with E-state index in [2.05, 4.69) is 0 Å². The minimum absolute atomic E-state index is 0.0320. The number of likely N-dealkylation sites (tertiary alicyclic amines) is 1. The second-order valence-corrected chi connectivity index (χ2v) is 4.40. The summed E-state index contributed by atoms with van der Waals surface area (Å²) < 4.78 is 5.62. The van der Waals surface area contributed by atoms with Crippen molar-refractivity contribution in [1.29, 1.82) is 0 Å². The van der Waals surface area contributed by atoms with Gasteiger partial charge in [-0.3, -0.25) is 4.79 Å². The van der Waals surface area contributed by atoms with Crippen LogP contribution in [0, 0.1) is 0 Å². The first-order valence-corrected chi connectivity index (χ1v) is 5.77. The van der Waals surface area contributed by atoms with Crippen molar-refractivity contribution in [3.63, 3.8) is 0 Å². The molecule has 1 saturated heterocycles. The fourth-order valence-corrected chi connectivity index (χ4v) is 1.89. The van der Waals surface area contributed by atoms with Crippen LogP contribution in [0.4, 0.5) is 0 Å². The SMILES string of the molecule is CC(O)c1ccc(OC2CCN(C)C2=O)cc1. The molecule has 4 nitrogen and oxygen atoms in total. The van der Waals surface area contributed by atoms with E-state index in [0.29, 0.717) is 5.75 Å². The van der Waals surface area contributed by atoms with Gasteiger partial charge in [-0.1, -0.05) is 12.1 Å². The van der Waals surface area contributed by atoms with Gasteiger partial charge in [-0.15, -0.1) is 0 Å². The quantitative estimate of drug-likeness (QED) is 0.860. The minimum atomic E-state index is -0.483. The van der Waals surface area contributed by atoms with Gasteiger partial charge in [0.1, 0.15) is 5.75 Å². The number of hydrogen-bond donors (Lipinski definition) is 1. The van der Waals surface area contributed by atoms with Crippen molar-refractivity contribution in [1.82, 2.24) is 4.90 Å². The maximum Gasteiger partial charge on any atom is 0.263 e. The summed E-state index contributed by atoms with van der Waals surface area (Å²) in [7, 11) is 1.78. The van der Waals surface area contributed by atoms with E-state index in [1.54, 1.807) is 31.0 Å². The van der Waals surface area contributed by atoms with E-state index in [1.165, 1.54) is 0 Å². The van der Waals surface area contributed by atoms with Crippen molar-refractivity contribution in [2.75, 3.05) is 13.6 Å². The Bertz CT molecular complexity index is 400. The molecule has 92 valence electrons. The second kappa shape index (κ2) is 4.75. The van der Waals surface area contributed by atoms with Crippen molar-refractivity contribution < 1.29 is 14.6 Å². The number of benzene rings is 1. The van der Waals surface area contributed by atoms with Crippen LogP contribution in [-0.2, 0) is 4.79 Å². The first-order chi connectivity index (χ1) is 8.08. The molecule has 1 heterocycles. The molecule has 17 heavy (non-hydrogen) atoms. The average Bonchev–Trinajstić information content (AvgIpc) is 2.62. The van der Waals surface area contributed by atoms with Crippen LogP contribution in [0.25, 0.3) is 0 Å². The second-order valence-electron chi connectivity index (χ2n) is 4.40. The van der Waals surface area contributed by atoms with Crippen molar-refractivity contribution in [3.05, 3.63) is 29.8 Å². The normalized spacial score (nSPS) is 21.7. The van der Waals surface area contributed by atoms with Crippen LogP contribution in [0.1, 0.15) is 25.0 Å². The van der Waals surface area contributed by atoms with Crippen LogP contribution in [0.2, 0.25) is 0 Å². The third-order valence-electron chi connectivity index (χ3n) is 3.02. The van der Waals surface area contributed by atoms with Gasteiger partial charge in [0.05, 0.1) is 6.10 Å². The zero-order valence-electron chi connectivity index (χ0n) is 10.1. The van der Waals surface area contributed by atoms with E-state index in [4.69, 9.17) is 4.74 Å². The van der Waals surface area contributed by atoms with E-state index in [0.717, 1.165) is 18.5 Å². The minimum Gasteiger partial charge on any atom is -0.481 e. The van der Waals surface area contributed by atoms with Crippen molar-refractivity contribution in [2.24, 2.45) is 0 Å². The molecule has 0 aromatic heterocycles. The number of hydrogen-bond acceptors (Lipinski definition) is 3. The van der Waals surface area contributed by atoms with E-state index in [1.807, 2.05) is 12.1 Å². The van der Waals surface area contributed by atoms with Gasteiger partial charge in [-0.25, -0.2) is 0 Å². The van der Waals surface area contributed by atoms with Gasteiger partial charge < -0.3 is 14.7 Å². The van der Waals surface area contributed by atoms with Crippen molar-refractivity contribution in [2.45, 2.75) is 25.6 Å². The Morgan fingerprint density at radius 1 is 1.41 bits per heavy atom. The van der Waals surface area contributed by atoms with Crippen LogP contribution in [0.3, 0.4) is 0 Å². The number of ether oxygens (including phenoxy) is 1. The molecule has 0 aliphatic carbocycles. The topological polar surface area (TPSA) is 49.8 Å². The van der Waals surface area contributed by atoms with Crippen LogP contribution in [-0.4, -0.2) is 35.6 Å². The maximum atomic E-state index is 11.6. The number of rotatable bonds is 3. The Morgan fingerprint density at radius 3 is 2.53 bits per heavy atom. The standard InChI is InChI=1S/C13H17NO3/c1-9(15)10-3-5-11(6-4-10)17-12-7-8-14(2)13(12)16/h3-6,9,12,15H,7-8H2,1-2H3. The highest BCUT2D eigenvalue weighted by atomic mass is 16.5. The fraction of sp³-hybridized carbons (Fsp3) is 0.462. The third kappa shape index (κ3) is 2.58. The molecule has 4 heteroatoms. The highest BCUT2D eigenvalue weighted by Crippen LogP contribution is 2.21. The number of nitrogens with zero attached hydrogens (tertiary/aromatic N) is 1. The highest BCUT2D eigenvalue weighted by molar-refractivity contribution is 5.83. The van der Waals surface area contributed by atoms with Gasteiger partial charge in [0.25, 0.3) is 5.91 Å². The smallest absolute Gasteiger partial charge is 0.263 e. The van der Waals surface area contributed by atoms with E-state index in [-0.39, 0.29) is 12.0 Å². The summed E-state index contributed by atoms with van der Waals surface area (Å²) in [4.78, 5) is 13.3. The summed E-state index contributed by atoms with van der Waals surface area (Å²) in [5.41, 5.74) is 0.840. The summed E-state index contributed by atoms with van der Waals surface area (Å²) >= 11 is 0. The maximum absolute atomic E-state index is 11.6. The lowest BCUT2D eigenvalue weighted by Crippen LogP contribution is -2.29. The highest BCUT2D eigenvalue weighted by Gasteiger charge is 2.30. The predicted octanol–water partition coefficient (Wildman–Crippen LogP) is 1.35. The molecule has 1 amide bonds. The van der Waals surface area contributed by atoms with Crippen LogP contribution >= 0.6 is 0 Å². The van der Waals surface area contributed by atoms with E-state index < -0.39 is 6.10 Å². The Morgan fingerprint density at radius 2 is 2.06 bits per heavy atom. The summed E-state index contributed by atoms with van der Waals surface area (Å²) in [6, 6.07) is 7.19. The van der Waals surface area contributed by atoms with Gasteiger partial charge in [0, 0.05) is 20.0 Å². The molecular formula is C13H17NO3. The molecule has 1 aliphatic rings. The molecular weight excluding hydrogens is 218 g/mol. The Labute approximate surface area is 101 Å². The Kier molecular flexibility index (Phi) is 3.33. The zero-order chi connectivity index (χ0) is 12.4. The number of likely N-dealkylation sites (N-methyl/N-ethyl adjacent to an activating group) is 1. The summed E-state index contributed by atoms with van der Waals surface area (Å²) in [5, 5.41) is 9.37. The van der Waals surface area contributed by atoms with Gasteiger partial charge in [-0.05, 0) is 24.6 Å². The largest absolute Gasteiger partial charge is 0.481 e. The number of aliphatic hydroxyl groups excluding tert-OH is 1. The zero-order valence-corrected chi connectivity index (χ0v) is 10.1. The Hall–Kier alpha value is -1.55. The van der Waals surface area contributed by atoms with Crippen LogP contribution in [0.15, 0.2) is 24.3 Å². The number of amides is 1. The molecule has 1 aromatic rings. The lowest BCUT2D eigenvalue weighted by Gasteiger charge is -2.13. The van der Waals surface area contributed by atoms with E-state index in [9.17, 15) is 9.90 Å². The fourth-order valence-electron chi connectivity index (χ4n) is 1.89. The van der Waals surface area contributed by atoms with Gasteiger partial charge in [-0.2, -0.15) is 0 Å². The van der Waals surface area contributed by atoms with Crippen molar-refractivity contribution in [3.8, 4) is 5.75 Å². The average molecular weight is 235 g/mol. The first-order valence-electron chi connectivity index (χ1n) is 5.77. The monoisotopic (exact) mass is 235 g/mol. The lowest BCUT2D eigenvalue weighted by atomic mass is 10.1. The van der Waals surface area contributed by atoms with E-state index >= 15 is 0 Å². The molecule has 2 rings (SSSR count). The molecule has 2 atom stereocenters. The number of carbonyl (C=O) groups is 1. The Balaban J connectivity index is 2.02. The van der Waals surface area contributed by atoms with Crippen molar-refractivity contribution >= 4 is 5.91 Å². The molecule has 0 saturated carbocycles. The molecule has 0 radical (unpaired) electrons. The van der Waals surface area contributed by atoms with Gasteiger partial charge in [0.15, 0.2) is 6.10 Å². The van der Waals surface area contributed by atoms with Gasteiger partial charge >= 0.3 is 0 Å². The molecule has 0 spiro atoms. The molecule has 0 bridgehead atoms. The molecule has 1 N–H and O–H groups in total. The van der Waals surface area contributed by atoms with Crippen LogP contribution < -0.4 is 4.74 Å². The number of carbonyl (C=O) groups excluding carboxylic acids is 1. The van der Waals surface area contributed by atoms with Crippen LogP contribution in [0.5, 0.6) is 5.75 Å². The third-order valence-corrected chi connectivity index (χ3v) is 3.02. The molecule has 1 fully saturated rings. The predicted molar refractivity (Wildman–Crippen MR) is 63.7 cm³/mol. The summed E-state index contributed by atoms with van der Waals surface area (Å²) in [5.74, 6) is 0.702. The number of aliphatic hydroxyl groups is 1. The summed E-state index contributed by atoms with van der Waals surface area (Å²) in [6.07, 6.45) is -0.117. The summed E-state index contributed by atoms with van der Waals surface area (Å²) in [6.45, 7) is 2.46.